The van der Waals surface area contributed by atoms with Gasteiger partial charge in [-0.1, -0.05) is 61.6 Å². The molecule has 4 nitrogen and oxygen atoms in total. The van der Waals surface area contributed by atoms with Crippen LogP contribution < -0.4 is 9.64 Å². The van der Waals surface area contributed by atoms with Crippen molar-refractivity contribution in [2.24, 2.45) is 0 Å². The Hall–Kier alpha value is -2.83. The van der Waals surface area contributed by atoms with Gasteiger partial charge in [0.15, 0.2) is 5.13 Å². The molecule has 6 heteroatoms. The van der Waals surface area contributed by atoms with Gasteiger partial charge in [0.1, 0.15) is 5.75 Å². The van der Waals surface area contributed by atoms with Crippen LogP contribution in [0.15, 0.2) is 77.7 Å². The molecule has 0 spiro atoms. The molecular formula is C25H24N2O2S2. The summed E-state index contributed by atoms with van der Waals surface area (Å²) >= 11 is 3.27. The van der Waals surface area contributed by atoms with Gasteiger partial charge in [-0.25, -0.2) is 4.98 Å². The summed E-state index contributed by atoms with van der Waals surface area (Å²) in [4.78, 5) is 21.3. The van der Waals surface area contributed by atoms with E-state index in [1.54, 1.807) is 23.8 Å². The Morgan fingerprint density at radius 3 is 2.61 bits per heavy atom. The molecule has 4 rings (SSSR count). The predicted molar refractivity (Wildman–Crippen MR) is 131 cm³/mol. The van der Waals surface area contributed by atoms with E-state index in [0.717, 1.165) is 26.4 Å². The zero-order chi connectivity index (χ0) is 21.8. The van der Waals surface area contributed by atoms with Crippen LogP contribution in [0.25, 0.3) is 10.2 Å². The number of rotatable bonds is 7. The molecule has 31 heavy (non-hydrogen) atoms. The first-order valence-corrected chi connectivity index (χ1v) is 11.8. The number of nitrogens with zero attached hydrogens (tertiary/aromatic N) is 2. The number of hydrogen-bond acceptors (Lipinski definition) is 5. The monoisotopic (exact) mass is 448 g/mol. The highest BCUT2D eigenvalue weighted by Crippen LogP contribution is 2.33. The lowest BCUT2D eigenvalue weighted by atomic mass is 10.1. The Morgan fingerprint density at radius 2 is 1.87 bits per heavy atom. The highest BCUT2D eigenvalue weighted by atomic mass is 32.2. The summed E-state index contributed by atoms with van der Waals surface area (Å²) in [5.41, 5.74) is 2.55. The van der Waals surface area contributed by atoms with Crippen molar-refractivity contribution >= 4 is 44.4 Å². The van der Waals surface area contributed by atoms with Crippen LogP contribution in [0.5, 0.6) is 5.75 Å². The minimum atomic E-state index is -0.0546. The molecule has 0 fully saturated rings. The van der Waals surface area contributed by atoms with Crippen LogP contribution in [0, 0.1) is 0 Å². The molecule has 0 aliphatic heterocycles. The average molecular weight is 449 g/mol. The second-order valence-electron chi connectivity index (χ2n) is 7.40. The second kappa shape index (κ2) is 9.54. The maximum Gasteiger partial charge on any atom is 0.260 e. The van der Waals surface area contributed by atoms with E-state index in [-0.39, 0.29) is 5.91 Å². The summed E-state index contributed by atoms with van der Waals surface area (Å²) < 4.78 is 6.35. The first-order chi connectivity index (χ1) is 15.0. The van der Waals surface area contributed by atoms with Gasteiger partial charge in [0.05, 0.1) is 23.9 Å². The molecule has 3 aromatic carbocycles. The lowest BCUT2D eigenvalue weighted by Gasteiger charge is -2.20. The second-order valence-corrected chi connectivity index (χ2v) is 10.1. The summed E-state index contributed by atoms with van der Waals surface area (Å²) in [5.74, 6) is 0.699. The van der Waals surface area contributed by atoms with Gasteiger partial charge in [0.25, 0.3) is 5.91 Å². The van der Waals surface area contributed by atoms with Gasteiger partial charge < -0.3 is 4.74 Å². The average Bonchev–Trinajstić information content (AvgIpc) is 3.20. The van der Waals surface area contributed by atoms with Gasteiger partial charge >= 0.3 is 0 Å². The van der Waals surface area contributed by atoms with Gasteiger partial charge in [0, 0.05) is 21.8 Å². The van der Waals surface area contributed by atoms with Crippen LogP contribution in [-0.2, 0) is 6.54 Å². The summed E-state index contributed by atoms with van der Waals surface area (Å²) in [6.45, 7) is 4.75. The van der Waals surface area contributed by atoms with E-state index < -0.39 is 0 Å². The lowest BCUT2D eigenvalue weighted by Crippen LogP contribution is -2.30. The van der Waals surface area contributed by atoms with Crippen molar-refractivity contribution in [3.8, 4) is 5.75 Å². The molecule has 0 atom stereocenters. The Labute approximate surface area is 190 Å². The number of amides is 1. The predicted octanol–water partition coefficient (Wildman–Crippen LogP) is 6.65. The van der Waals surface area contributed by atoms with E-state index in [0.29, 0.717) is 22.5 Å². The third-order valence-corrected chi connectivity index (χ3v) is 6.75. The molecule has 0 N–H and O–H groups in total. The molecule has 0 saturated heterocycles. The molecular weight excluding hydrogens is 424 g/mol. The van der Waals surface area contributed by atoms with Crippen molar-refractivity contribution < 1.29 is 9.53 Å². The number of thioether (sulfide) groups is 1. The van der Waals surface area contributed by atoms with Crippen LogP contribution in [0.2, 0.25) is 0 Å². The molecule has 1 amide bonds. The van der Waals surface area contributed by atoms with E-state index in [9.17, 15) is 4.79 Å². The normalized spacial score (nSPS) is 11.1. The number of benzene rings is 3. The zero-order valence-corrected chi connectivity index (χ0v) is 19.4. The van der Waals surface area contributed by atoms with E-state index >= 15 is 0 Å². The summed E-state index contributed by atoms with van der Waals surface area (Å²) in [5, 5.41) is 1.13. The van der Waals surface area contributed by atoms with E-state index in [1.165, 1.54) is 11.3 Å². The topological polar surface area (TPSA) is 42.4 Å². The van der Waals surface area contributed by atoms with Gasteiger partial charge in [-0.2, -0.15) is 0 Å². The van der Waals surface area contributed by atoms with Crippen LogP contribution in [0.4, 0.5) is 5.13 Å². The number of thiazole rings is 1. The molecule has 0 aliphatic carbocycles. The highest BCUT2D eigenvalue weighted by Gasteiger charge is 2.22. The van der Waals surface area contributed by atoms with Crippen LogP contribution in [0.3, 0.4) is 0 Å². The fourth-order valence-corrected chi connectivity index (χ4v) is 5.10. The number of ether oxygens (including phenoxy) is 1. The Bertz CT molecular complexity index is 1190. The summed E-state index contributed by atoms with van der Waals surface area (Å²) in [6.07, 6.45) is 0. The van der Waals surface area contributed by atoms with Gasteiger partial charge in [0.2, 0.25) is 0 Å². The van der Waals surface area contributed by atoms with Gasteiger partial charge in [-0.15, -0.1) is 11.8 Å². The third kappa shape index (κ3) is 5.09. The quantitative estimate of drug-likeness (QED) is 0.297. The highest BCUT2D eigenvalue weighted by molar-refractivity contribution is 7.99. The van der Waals surface area contributed by atoms with Crippen LogP contribution >= 0.6 is 23.1 Å². The van der Waals surface area contributed by atoms with Crippen molar-refractivity contribution in [2.75, 3.05) is 12.0 Å². The molecule has 0 saturated carbocycles. The molecule has 0 aliphatic rings. The SMILES string of the molecule is COc1ccc2sc(N(Cc3ccccc3)C(=O)c3cccc(SC(C)C)c3)nc2c1. The Kier molecular flexibility index (Phi) is 6.59. The minimum Gasteiger partial charge on any atom is -0.497 e. The molecule has 0 bridgehead atoms. The first-order valence-electron chi connectivity index (χ1n) is 10.1. The fourth-order valence-electron chi connectivity index (χ4n) is 3.26. The molecule has 4 aromatic rings. The number of carbonyl (C=O) groups is 1. The van der Waals surface area contributed by atoms with Crippen molar-refractivity contribution in [3.63, 3.8) is 0 Å². The van der Waals surface area contributed by atoms with Crippen LogP contribution in [0.1, 0.15) is 29.8 Å². The van der Waals surface area contributed by atoms with E-state index in [2.05, 4.69) is 13.8 Å². The van der Waals surface area contributed by atoms with Crippen molar-refractivity contribution in [3.05, 3.63) is 83.9 Å². The minimum absolute atomic E-state index is 0.0546. The molecule has 1 heterocycles. The number of carbonyl (C=O) groups excluding carboxylic acids is 1. The van der Waals surface area contributed by atoms with Crippen molar-refractivity contribution in [1.82, 2.24) is 4.98 Å². The van der Waals surface area contributed by atoms with Crippen molar-refractivity contribution in [1.29, 1.82) is 0 Å². The summed E-state index contributed by atoms with van der Waals surface area (Å²) in [6, 6.07) is 23.7. The first kappa shape index (κ1) is 21.4. The fraction of sp³-hybridized carbons (Fsp3) is 0.200. The molecule has 158 valence electrons. The number of methoxy groups -OCH3 is 1. The standard InChI is InChI=1S/C25H24N2O2S2/c1-17(2)30-21-11-7-10-19(14-21)24(28)27(16-18-8-5-4-6-9-18)25-26-22-15-20(29-3)12-13-23(22)31-25/h4-15,17H,16H2,1-3H3. The maximum absolute atomic E-state index is 13.6. The smallest absolute Gasteiger partial charge is 0.260 e. The van der Waals surface area contributed by atoms with Crippen LogP contribution in [-0.4, -0.2) is 23.3 Å². The number of fused-ring (bicyclic) bond motifs is 1. The lowest BCUT2D eigenvalue weighted by molar-refractivity contribution is 0.0985. The summed E-state index contributed by atoms with van der Waals surface area (Å²) in [7, 11) is 1.64. The van der Waals surface area contributed by atoms with Gasteiger partial charge in [-0.05, 0) is 35.9 Å². The number of hydrogen-bond donors (Lipinski definition) is 0. The largest absolute Gasteiger partial charge is 0.497 e. The van der Waals surface area contributed by atoms with E-state index in [1.807, 2.05) is 72.8 Å². The molecule has 1 aromatic heterocycles. The maximum atomic E-state index is 13.6. The third-order valence-electron chi connectivity index (χ3n) is 4.70. The Morgan fingerprint density at radius 1 is 1.06 bits per heavy atom. The van der Waals surface area contributed by atoms with Gasteiger partial charge in [-0.3, -0.25) is 9.69 Å². The van der Waals surface area contributed by atoms with Crippen molar-refractivity contribution in [2.45, 2.75) is 30.5 Å². The number of anilines is 1. The molecule has 0 unspecified atom stereocenters. The number of aromatic nitrogens is 1. The van der Waals surface area contributed by atoms with E-state index in [4.69, 9.17) is 9.72 Å². The Balaban J connectivity index is 1.73. The zero-order valence-electron chi connectivity index (χ0n) is 17.7. The molecule has 0 radical (unpaired) electrons.